The van der Waals surface area contributed by atoms with E-state index in [9.17, 15) is 13.2 Å². The van der Waals surface area contributed by atoms with E-state index >= 15 is 0 Å². The van der Waals surface area contributed by atoms with Crippen molar-refractivity contribution in [2.45, 2.75) is 58.2 Å². The van der Waals surface area contributed by atoms with Crippen molar-refractivity contribution in [3.63, 3.8) is 0 Å². The molecule has 35 heavy (non-hydrogen) atoms. The summed E-state index contributed by atoms with van der Waals surface area (Å²) in [7, 11) is -1.93. The summed E-state index contributed by atoms with van der Waals surface area (Å²) in [5, 5.41) is 3.80. The molecule has 9 heteroatoms. The lowest BCUT2D eigenvalue weighted by Crippen LogP contribution is -2.43. The minimum atomic E-state index is -3.60. The number of hydrogen-bond donors (Lipinski definition) is 1. The maximum Gasteiger partial charge on any atom is 0.223 e. The first-order valence-corrected chi connectivity index (χ1v) is 14.2. The Morgan fingerprint density at radius 2 is 1.71 bits per heavy atom. The fourth-order valence-corrected chi connectivity index (χ4v) is 6.87. The molecule has 192 valence electrons. The highest BCUT2D eigenvalue weighted by molar-refractivity contribution is 7.88. The molecule has 0 bridgehead atoms. The maximum absolute atomic E-state index is 13.0. The number of hydrogen-bond acceptors (Lipinski definition) is 4. The van der Waals surface area contributed by atoms with Crippen LogP contribution in [0, 0.1) is 12.8 Å². The number of carbonyl (C=O) groups excluding carboxylic acids is 1. The first-order valence-electron chi connectivity index (χ1n) is 11.8. The van der Waals surface area contributed by atoms with Crippen LogP contribution in [0.1, 0.15) is 67.8 Å². The Labute approximate surface area is 219 Å². The summed E-state index contributed by atoms with van der Waals surface area (Å²) in [4.78, 5) is 13.0. The van der Waals surface area contributed by atoms with Crippen LogP contribution in [0.2, 0.25) is 10.0 Å². The molecule has 2 aromatic rings. The van der Waals surface area contributed by atoms with Gasteiger partial charge in [-0.15, -0.1) is 0 Å². The maximum atomic E-state index is 13.0. The molecule has 1 fully saturated rings. The van der Waals surface area contributed by atoms with E-state index < -0.39 is 10.0 Å². The predicted molar refractivity (Wildman–Crippen MR) is 142 cm³/mol. The lowest BCUT2D eigenvalue weighted by molar-refractivity contribution is -0.126. The van der Waals surface area contributed by atoms with E-state index in [1.165, 1.54) is 4.31 Å². The van der Waals surface area contributed by atoms with Crippen LogP contribution in [-0.2, 0) is 20.6 Å². The van der Waals surface area contributed by atoms with Crippen molar-refractivity contribution in [2.24, 2.45) is 5.92 Å². The topological polar surface area (TPSA) is 75.7 Å². The highest BCUT2D eigenvalue weighted by Gasteiger charge is 2.32. The van der Waals surface area contributed by atoms with Gasteiger partial charge in [-0.1, -0.05) is 43.1 Å². The molecule has 6 nitrogen and oxygen atoms in total. The molecular weight excluding hydrogens is 507 g/mol. The molecule has 1 amide bonds. The highest BCUT2D eigenvalue weighted by atomic mass is 35.5. The first-order chi connectivity index (χ1) is 16.4. The van der Waals surface area contributed by atoms with Crippen molar-refractivity contribution >= 4 is 39.1 Å². The van der Waals surface area contributed by atoms with E-state index in [0.29, 0.717) is 34.4 Å². The predicted octanol–water partition coefficient (Wildman–Crippen LogP) is 5.85. The monoisotopic (exact) mass is 540 g/mol. The van der Waals surface area contributed by atoms with E-state index in [0.717, 1.165) is 22.4 Å². The number of carbonyl (C=O) groups is 1. The van der Waals surface area contributed by atoms with Gasteiger partial charge in [-0.05, 0) is 73.6 Å². The molecule has 1 heterocycles. The van der Waals surface area contributed by atoms with Crippen LogP contribution in [0.25, 0.3) is 0 Å². The summed E-state index contributed by atoms with van der Waals surface area (Å²) in [5.74, 6) is 0.598. The number of sulfonamides is 1. The quantitative estimate of drug-likeness (QED) is 0.455. The average molecular weight is 542 g/mol. The summed E-state index contributed by atoms with van der Waals surface area (Å²) in [5.41, 5.74) is 3.61. The number of benzene rings is 2. The van der Waals surface area contributed by atoms with Crippen LogP contribution in [0.5, 0.6) is 5.75 Å². The van der Waals surface area contributed by atoms with E-state index in [1.807, 2.05) is 19.9 Å². The number of methoxy groups -OCH3 is 1. The van der Waals surface area contributed by atoms with Gasteiger partial charge in [-0.3, -0.25) is 4.79 Å². The minimum absolute atomic E-state index is 0.0509. The number of ether oxygens (including phenoxy) is 1. The number of amides is 1. The van der Waals surface area contributed by atoms with Crippen molar-refractivity contribution in [3.8, 4) is 5.75 Å². The minimum Gasteiger partial charge on any atom is -0.496 e. The molecular formula is C26H34Cl2N2O4S. The number of nitrogens with zero attached hydrogens (tertiary/aromatic N) is 1. The summed E-state index contributed by atoms with van der Waals surface area (Å²) in [6.07, 6.45) is 0.930. The van der Waals surface area contributed by atoms with Gasteiger partial charge < -0.3 is 10.1 Å². The van der Waals surface area contributed by atoms with E-state index in [-0.39, 0.29) is 36.7 Å². The molecule has 1 atom stereocenters. The number of rotatable bonds is 8. The fourth-order valence-electron chi connectivity index (χ4n) is 4.56. The van der Waals surface area contributed by atoms with Crippen LogP contribution in [0.15, 0.2) is 30.3 Å². The van der Waals surface area contributed by atoms with E-state index in [2.05, 4.69) is 25.2 Å². The Bertz CT molecular complexity index is 1160. The molecule has 2 aromatic carbocycles. The fraction of sp³-hybridized carbons (Fsp3) is 0.500. The Kier molecular flexibility index (Phi) is 9.13. The molecule has 0 aliphatic carbocycles. The third kappa shape index (κ3) is 6.50. The van der Waals surface area contributed by atoms with Gasteiger partial charge in [-0.2, -0.15) is 0 Å². The summed E-state index contributed by atoms with van der Waals surface area (Å²) >= 11 is 12.3. The number of piperidine rings is 1. The lowest BCUT2D eigenvalue weighted by atomic mass is 9.92. The van der Waals surface area contributed by atoms with Crippen molar-refractivity contribution in [2.75, 3.05) is 20.2 Å². The standard InChI is InChI=1S/C26H34Cl2N2O4S/c1-16(2)20-14-21(17(3)13-25(20)34-5)18(4)29-26(31)19-9-11-30(12-10-19)35(32,33)15-22-23(27)7-6-8-24(22)28/h6-8,13-14,16,18-19H,9-12,15H2,1-5H3,(H,29,31). The largest absolute Gasteiger partial charge is 0.496 e. The second-order valence-corrected chi connectivity index (χ2v) is 12.2. The first kappa shape index (κ1) is 27.8. The molecule has 1 saturated heterocycles. The summed E-state index contributed by atoms with van der Waals surface area (Å²) in [6, 6.07) is 8.90. The molecule has 1 aliphatic heterocycles. The normalized spacial score (nSPS) is 16.3. The van der Waals surface area contributed by atoms with Crippen LogP contribution in [-0.4, -0.2) is 38.8 Å². The second kappa shape index (κ2) is 11.5. The number of halogens is 2. The molecule has 1 N–H and O–H groups in total. The van der Waals surface area contributed by atoms with Crippen molar-refractivity contribution in [1.29, 1.82) is 0 Å². The van der Waals surface area contributed by atoms with Crippen LogP contribution in [0.4, 0.5) is 0 Å². The molecule has 0 saturated carbocycles. The summed E-state index contributed by atoms with van der Waals surface area (Å²) in [6.45, 7) is 8.79. The highest BCUT2D eigenvalue weighted by Crippen LogP contribution is 2.33. The molecule has 0 aromatic heterocycles. The zero-order chi connectivity index (χ0) is 25.9. The van der Waals surface area contributed by atoms with E-state index in [1.54, 1.807) is 25.3 Å². The van der Waals surface area contributed by atoms with Crippen LogP contribution >= 0.6 is 23.2 Å². The molecule has 1 unspecified atom stereocenters. The van der Waals surface area contributed by atoms with Crippen molar-refractivity contribution < 1.29 is 17.9 Å². The Hall–Kier alpha value is -1.80. The van der Waals surface area contributed by atoms with Crippen LogP contribution in [0.3, 0.4) is 0 Å². The lowest BCUT2D eigenvalue weighted by Gasteiger charge is -2.31. The third-order valence-electron chi connectivity index (χ3n) is 6.67. The van der Waals surface area contributed by atoms with Gasteiger partial charge in [0, 0.05) is 34.6 Å². The van der Waals surface area contributed by atoms with Gasteiger partial charge in [0.15, 0.2) is 0 Å². The van der Waals surface area contributed by atoms with Gasteiger partial charge in [0.1, 0.15) is 5.75 Å². The third-order valence-corrected chi connectivity index (χ3v) is 9.19. The van der Waals surface area contributed by atoms with Gasteiger partial charge in [0.25, 0.3) is 0 Å². The molecule has 0 spiro atoms. The van der Waals surface area contributed by atoms with Crippen molar-refractivity contribution in [3.05, 3.63) is 62.6 Å². The van der Waals surface area contributed by atoms with Gasteiger partial charge >= 0.3 is 0 Å². The smallest absolute Gasteiger partial charge is 0.223 e. The molecule has 1 aliphatic rings. The van der Waals surface area contributed by atoms with Crippen molar-refractivity contribution in [1.82, 2.24) is 9.62 Å². The SMILES string of the molecule is COc1cc(C)c(C(C)NC(=O)C2CCN(S(=O)(=O)Cc3c(Cl)cccc3Cl)CC2)cc1C(C)C. The zero-order valence-electron chi connectivity index (χ0n) is 20.9. The number of nitrogens with one attached hydrogen (secondary N) is 1. The zero-order valence-corrected chi connectivity index (χ0v) is 23.2. The average Bonchev–Trinajstić information content (AvgIpc) is 2.81. The van der Waals surface area contributed by atoms with Gasteiger partial charge in [0.05, 0.1) is 18.9 Å². The van der Waals surface area contributed by atoms with E-state index in [4.69, 9.17) is 27.9 Å². The van der Waals surface area contributed by atoms with Gasteiger partial charge in [-0.25, -0.2) is 12.7 Å². The Balaban J connectivity index is 1.63. The Morgan fingerprint density at radius 1 is 1.11 bits per heavy atom. The van der Waals surface area contributed by atoms with Gasteiger partial charge in [0.2, 0.25) is 15.9 Å². The summed E-state index contributed by atoms with van der Waals surface area (Å²) < 4.78 is 32.9. The Morgan fingerprint density at radius 3 is 2.26 bits per heavy atom. The molecule has 0 radical (unpaired) electrons. The molecule has 3 rings (SSSR count). The van der Waals surface area contributed by atoms with Crippen LogP contribution < -0.4 is 10.1 Å². The second-order valence-electron chi connectivity index (χ2n) is 9.47. The number of aryl methyl sites for hydroxylation is 1.